The highest BCUT2D eigenvalue weighted by Crippen LogP contribution is 2.27. The van der Waals surface area contributed by atoms with Gasteiger partial charge in [-0.15, -0.1) is 13.2 Å². The predicted molar refractivity (Wildman–Crippen MR) is 114 cm³/mol. The van der Waals surface area contributed by atoms with E-state index >= 15 is 0 Å². The maximum Gasteiger partial charge on any atom is 0.573 e. The maximum absolute atomic E-state index is 12.6. The molecule has 2 aromatic heterocycles. The second-order valence-corrected chi connectivity index (χ2v) is 7.59. The van der Waals surface area contributed by atoms with E-state index < -0.39 is 12.1 Å². The Morgan fingerprint density at radius 3 is 2.61 bits per heavy atom. The van der Waals surface area contributed by atoms with Crippen LogP contribution in [0.2, 0.25) is 0 Å². The highest BCUT2D eigenvalue weighted by molar-refractivity contribution is 5.91. The fraction of sp³-hybridized carbons (Fsp3) is 0.333. The molecule has 1 aliphatic rings. The third-order valence-electron chi connectivity index (χ3n) is 5.01. The second kappa shape index (κ2) is 9.55. The van der Waals surface area contributed by atoms with Gasteiger partial charge >= 0.3 is 6.36 Å². The molecule has 1 fully saturated rings. The molecule has 0 unspecified atom stereocenters. The van der Waals surface area contributed by atoms with E-state index in [-0.39, 0.29) is 24.1 Å². The Labute approximate surface area is 187 Å². The van der Waals surface area contributed by atoms with E-state index in [0.717, 1.165) is 26.2 Å². The number of nitrogens with zero attached hydrogens (tertiary/aromatic N) is 6. The SMILES string of the molecule is CN1CCN(CC(=O)Nc2cc(-n3cccn3)nc(-c3cccc(OC(F)(F)F)c3)n2)CC1. The molecule has 0 bridgehead atoms. The van der Waals surface area contributed by atoms with Gasteiger partial charge in [-0.3, -0.25) is 9.69 Å². The minimum absolute atomic E-state index is 0.116. The van der Waals surface area contributed by atoms with Crippen LogP contribution in [0, 0.1) is 0 Å². The molecule has 1 N–H and O–H groups in total. The topological polar surface area (TPSA) is 88.4 Å². The zero-order chi connectivity index (χ0) is 23.4. The second-order valence-electron chi connectivity index (χ2n) is 7.59. The zero-order valence-corrected chi connectivity index (χ0v) is 17.8. The third kappa shape index (κ3) is 6.26. The Hall–Kier alpha value is -3.51. The van der Waals surface area contributed by atoms with Crippen LogP contribution in [0.3, 0.4) is 0 Å². The molecule has 9 nitrogen and oxygen atoms in total. The van der Waals surface area contributed by atoms with Crippen molar-refractivity contribution in [2.45, 2.75) is 6.36 Å². The molecule has 3 heterocycles. The summed E-state index contributed by atoms with van der Waals surface area (Å²) in [6.45, 7) is 3.53. The zero-order valence-electron chi connectivity index (χ0n) is 17.8. The summed E-state index contributed by atoms with van der Waals surface area (Å²) in [4.78, 5) is 25.6. The number of aromatic nitrogens is 4. The molecule has 12 heteroatoms. The number of carbonyl (C=O) groups excluding carboxylic acids is 1. The van der Waals surface area contributed by atoms with Crippen molar-refractivity contribution in [1.29, 1.82) is 0 Å². The Morgan fingerprint density at radius 2 is 1.91 bits per heavy atom. The first-order valence-electron chi connectivity index (χ1n) is 10.2. The number of anilines is 1. The van der Waals surface area contributed by atoms with Crippen molar-refractivity contribution in [1.82, 2.24) is 29.5 Å². The summed E-state index contributed by atoms with van der Waals surface area (Å²) in [5, 5.41) is 6.90. The van der Waals surface area contributed by atoms with Gasteiger partial charge in [-0.25, -0.2) is 14.6 Å². The lowest BCUT2D eigenvalue weighted by Gasteiger charge is -2.31. The number of rotatable bonds is 6. The molecule has 0 spiro atoms. The van der Waals surface area contributed by atoms with Crippen LogP contribution in [0.5, 0.6) is 5.75 Å². The van der Waals surface area contributed by atoms with Gasteiger partial charge in [-0.05, 0) is 25.2 Å². The van der Waals surface area contributed by atoms with Crippen LogP contribution in [-0.2, 0) is 4.79 Å². The van der Waals surface area contributed by atoms with Crippen molar-refractivity contribution in [3.8, 4) is 23.0 Å². The van der Waals surface area contributed by atoms with Crippen molar-refractivity contribution in [3.05, 3.63) is 48.8 Å². The van der Waals surface area contributed by atoms with Gasteiger partial charge in [-0.2, -0.15) is 5.10 Å². The van der Waals surface area contributed by atoms with E-state index in [1.165, 1.54) is 22.9 Å². The minimum Gasteiger partial charge on any atom is -0.406 e. The molecule has 4 rings (SSSR count). The average Bonchev–Trinajstić information content (AvgIpc) is 3.29. The summed E-state index contributed by atoms with van der Waals surface area (Å²) >= 11 is 0. The molecular weight excluding hydrogens is 439 g/mol. The number of nitrogens with one attached hydrogen (secondary N) is 1. The van der Waals surface area contributed by atoms with Crippen molar-refractivity contribution >= 4 is 11.7 Å². The van der Waals surface area contributed by atoms with Crippen LogP contribution in [0.4, 0.5) is 19.0 Å². The highest BCUT2D eigenvalue weighted by atomic mass is 19.4. The first-order chi connectivity index (χ1) is 15.7. The molecule has 0 saturated carbocycles. The summed E-state index contributed by atoms with van der Waals surface area (Å²) < 4.78 is 43.4. The molecule has 1 aromatic carbocycles. The van der Waals surface area contributed by atoms with Gasteiger partial charge < -0.3 is 15.0 Å². The fourth-order valence-electron chi connectivity index (χ4n) is 3.37. The highest BCUT2D eigenvalue weighted by Gasteiger charge is 2.31. The largest absolute Gasteiger partial charge is 0.573 e. The van der Waals surface area contributed by atoms with Crippen molar-refractivity contribution < 1.29 is 22.7 Å². The Kier molecular flexibility index (Phi) is 6.56. The molecule has 0 aliphatic carbocycles. The average molecular weight is 461 g/mol. The predicted octanol–water partition coefficient (Wildman–Crippen LogP) is 2.41. The molecule has 3 aromatic rings. The van der Waals surface area contributed by atoms with Gasteiger partial charge in [0.05, 0.1) is 6.54 Å². The standard InChI is InChI=1S/C21H22F3N7O2/c1-29-8-10-30(11-9-29)14-19(32)26-17-13-18(31-7-3-6-25-31)28-20(27-17)15-4-2-5-16(12-15)33-21(22,23)24/h2-7,12-13H,8-11,14H2,1H3,(H,26,27,28,32). The van der Waals surface area contributed by atoms with E-state index in [4.69, 9.17) is 0 Å². The van der Waals surface area contributed by atoms with E-state index in [1.807, 2.05) is 11.9 Å². The van der Waals surface area contributed by atoms with Crippen molar-refractivity contribution in [2.24, 2.45) is 0 Å². The number of ether oxygens (including phenoxy) is 1. The molecule has 1 aliphatic heterocycles. The lowest BCUT2D eigenvalue weighted by molar-refractivity contribution is -0.274. The summed E-state index contributed by atoms with van der Waals surface area (Å²) in [6.07, 6.45) is -1.60. The van der Waals surface area contributed by atoms with Gasteiger partial charge in [0.15, 0.2) is 11.6 Å². The van der Waals surface area contributed by atoms with Gasteiger partial charge in [-0.1, -0.05) is 12.1 Å². The molecule has 1 amide bonds. The number of amides is 1. The van der Waals surface area contributed by atoms with Crippen LogP contribution in [0.25, 0.3) is 17.2 Å². The van der Waals surface area contributed by atoms with Crippen molar-refractivity contribution in [2.75, 3.05) is 45.1 Å². The fourth-order valence-corrected chi connectivity index (χ4v) is 3.37. The van der Waals surface area contributed by atoms with E-state index in [2.05, 4.69) is 30.0 Å². The van der Waals surface area contributed by atoms with E-state index in [1.54, 1.807) is 30.6 Å². The quantitative estimate of drug-likeness (QED) is 0.603. The molecule has 0 radical (unpaired) electrons. The summed E-state index contributed by atoms with van der Waals surface area (Å²) in [5.41, 5.74) is 0.292. The third-order valence-corrected chi connectivity index (χ3v) is 5.01. The molecule has 1 saturated heterocycles. The Morgan fingerprint density at radius 1 is 1.12 bits per heavy atom. The van der Waals surface area contributed by atoms with Crippen molar-refractivity contribution in [3.63, 3.8) is 0 Å². The van der Waals surface area contributed by atoms with Crippen LogP contribution >= 0.6 is 0 Å². The summed E-state index contributed by atoms with van der Waals surface area (Å²) in [7, 11) is 2.03. The number of carbonyl (C=O) groups is 1. The maximum atomic E-state index is 12.6. The number of likely N-dealkylation sites (N-methyl/N-ethyl adjacent to an activating group) is 1. The van der Waals surface area contributed by atoms with Crippen LogP contribution in [0.1, 0.15) is 0 Å². The first kappa shape index (κ1) is 22.7. The number of hydrogen-bond acceptors (Lipinski definition) is 7. The molecule has 0 atom stereocenters. The number of halogens is 3. The normalized spacial score (nSPS) is 15.4. The van der Waals surface area contributed by atoms with E-state index in [9.17, 15) is 18.0 Å². The lowest BCUT2D eigenvalue weighted by atomic mass is 10.2. The van der Waals surface area contributed by atoms with Crippen LogP contribution in [-0.4, -0.2) is 81.6 Å². The first-order valence-corrected chi connectivity index (χ1v) is 10.2. The van der Waals surface area contributed by atoms with Gasteiger partial charge in [0, 0.05) is 50.2 Å². The monoisotopic (exact) mass is 461 g/mol. The van der Waals surface area contributed by atoms with Crippen LogP contribution < -0.4 is 10.1 Å². The number of alkyl halides is 3. The Bertz CT molecular complexity index is 1100. The van der Waals surface area contributed by atoms with Crippen LogP contribution in [0.15, 0.2) is 48.8 Å². The molecule has 33 heavy (non-hydrogen) atoms. The molecular formula is C21H22F3N7O2. The number of benzene rings is 1. The number of hydrogen-bond donors (Lipinski definition) is 1. The summed E-state index contributed by atoms with van der Waals surface area (Å²) in [6, 6.07) is 8.59. The van der Waals surface area contributed by atoms with E-state index in [0.29, 0.717) is 11.4 Å². The molecule has 174 valence electrons. The van der Waals surface area contributed by atoms with Gasteiger partial charge in [0.1, 0.15) is 11.6 Å². The Balaban J connectivity index is 1.59. The number of piperazine rings is 1. The minimum atomic E-state index is -4.82. The van der Waals surface area contributed by atoms with Gasteiger partial charge in [0.25, 0.3) is 0 Å². The smallest absolute Gasteiger partial charge is 0.406 e. The summed E-state index contributed by atoms with van der Waals surface area (Å²) in [5.74, 6) is 0.0397. The van der Waals surface area contributed by atoms with Gasteiger partial charge in [0.2, 0.25) is 5.91 Å². The lowest BCUT2D eigenvalue weighted by Crippen LogP contribution is -2.47.